The first-order valence-electron chi connectivity index (χ1n) is 5.40. The van der Waals surface area contributed by atoms with E-state index < -0.39 is 0 Å². The Labute approximate surface area is 98.0 Å². The lowest BCUT2D eigenvalue weighted by Crippen LogP contribution is -2.23. The highest BCUT2D eigenvalue weighted by atomic mass is 16.5. The summed E-state index contributed by atoms with van der Waals surface area (Å²) in [4.78, 5) is 14.5. The first-order valence-corrected chi connectivity index (χ1v) is 5.40. The van der Waals surface area contributed by atoms with Gasteiger partial charge in [0.1, 0.15) is 5.69 Å². The Hall–Kier alpha value is -2.01. The summed E-state index contributed by atoms with van der Waals surface area (Å²) in [6, 6.07) is 7.36. The summed E-state index contributed by atoms with van der Waals surface area (Å²) in [5.74, 6) is 0. The Bertz CT molecular complexity index is 533. The second-order valence-corrected chi connectivity index (χ2v) is 4.01. The molecule has 2 aromatic rings. The van der Waals surface area contributed by atoms with Crippen LogP contribution < -0.4 is 0 Å². The molecule has 0 spiro atoms. The number of benzene rings is 1. The average Bonchev–Trinajstić information content (AvgIpc) is 2.87. The van der Waals surface area contributed by atoms with E-state index in [0.717, 1.165) is 11.3 Å². The largest absolute Gasteiger partial charge is 0.373 e. The molecule has 86 valence electrons. The fourth-order valence-corrected chi connectivity index (χ4v) is 2.09. The molecule has 0 saturated heterocycles. The quantitative estimate of drug-likeness (QED) is 0.743. The van der Waals surface area contributed by atoms with Crippen LogP contribution in [0.15, 0.2) is 42.0 Å². The van der Waals surface area contributed by atoms with E-state index in [1.54, 1.807) is 12.1 Å². The molecule has 1 atom stereocenters. The molecule has 17 heavy (non-hydrogen) atoms. The highest BCUT2D eigenvalue weighted by Crippen LogP contribution is 2.26. The predicted molar refractivity (Wildman–Crippen MR) is 61.9 cm³/mol. The molecule has 3 rings (SSSR count). The van der Waals surface area contributed by atoms with E-state index in [2.05, 4.69) is 14.7 Å². The number of rotatable bonds is 2. The van der Waals surface area contributed by atoms with E-state index in [-0.39, 0.29) is 6.04 Å². The molecule has 1 aliphatic heterocycles. The van der Waals surface area contributed by atoms with Crippen molar-refractivity contribution in [1.29, 1.82) is 0 Å². The van der Waals surface area contributed by atoms with Crippen LogP contribution in [-0.4, -0.2) is 16.2 Å². The predicted octanol–water partition coefficient (Wildman–Crippen LogP) is 2.40. The van der Waals surface area contributed by atoms with Crippen LogP contribution in [0.3, 0.4) is 0 Å². The summed E-state index contributed by atoms with van der Waals surface area (Å²) < 4.78 is 7.64. The van der Waals surface area contributed by atoms with Crippen molar-refractivity contribution in [3.63, 3.8) is 0 Å². The maximum absolute atomic E-state index is 10.4. The number of ether oxygens (including phenoxy) is 1. The Morgan fingerprint density at radius 2 is 2.18 bits per heavy atom. The van der Waals surface area contributed by atoms with Gasteiger partial charge in [-0.25, -0.2) is 4.98 Å². The Morgan fingerprint density at radius 1 is 1.35 bits per heavy atom. The van der Waals surface area contributed by atoms with Gasteiger partial charge >= 0.3 is 0 Å². The number of fused-ring (bicyclic) bond motifs is 1. The van der Waals surface area contributed by atoms with E-state index >= 15 is 0 Å². The number of hydrogen-bond donors (Lipinski definition) is 0. The Morgan fingerprint density at radius 3 is 2.94 bits per heavy atom. The van der Waals surface area contributed by atoms with Crippen molar-refractivity contribution in [3.05, 3.63) is 53.0 Å². The molecule has 0 aliphatic carbocycles. The molecule has 5 nitrogen and oxygen atoms in total. The fraction of sp³-hybridized carbons (Fsp3) is 0.250. The van der Waals surface area contributed by atoms with Crippen LogP contribution in [0.25, 0.3) is 0 Å². The molecule has 0 amide bonds. The molecule has 0 N–H and O–H groups in total. The highest BCUT2D eigenvalue weighted by Gasteiger charge is 2.21. The molecule has 0 saturated carbocycles. The van der Waals surface area contributed by atoms with Crippen LogP contribution in [0.2, 0.25) is 0 Å². The van der Waals surface area contributed by atoms with E-state index in [1.165, 1.54) is 0 Å². The lowest BCUT2D eigenvalue weighted by molar-refractivity contribution is 0.0696. The zero-order valence-electron chi connectivity index (χ0n) is 9.11. The van der Waals surface area contributed by atoms with Crippen LogP contribution in [0.1, 0.15) is 17.3 Å². The van der Waals surface area contributed by atoms with Gasteiger partial charge in [0.05, 0.1) is 37.5 Å². The van der Waals surface area contributed by atoms with Crippen molar-refractivity contribution < 1.29 is 4.74 Å². The third-order valence-corrected chi connectivity index (χ3v) is 2.99. The summed E-state index contributed by atoms with van der Waals surface area (Å²) in [5.41, 5.74) is 2.60. The summed E-state index contributed by atoms with van der Waals surface area (Å²) in [7, 11) is 0. The molecule has 1 aromatic heterocycles. The summed E-state index contributed by atoms with van der Waals surface area (Å²) in [6.07, 6.45) is 3.63. The Balaban J connectivity index is 1.97. The number of imidazole rings is 1. The summed E-state index contributed by atoms with van der Waals surface area (Å²) >= 11 is 0. The molecule has 0 fully saturated rings. The van der Waals surface area contributed by atoms with E-state index in [1.807, 2.05) is 24.7 Å². The Kier molecular flexibility index (Phi) is 2.45. The van der Waals surface area contributed by atoms with Gasteiger partial charge in [0.25, 0.3) is 0 Å². The maximum atomic E-state index is 10.4. The van der Waals surface area contributed by atoms with Gasteiger partial charge < -0.3 is 9.30 Å². The van der Waals surface area contributed by atoms with E-state index in [4.69, 9.17) is 4.74 Å². The minimum absolute atomic E-state index is 0.127. The summed E-state index contributed by atoms with van der Waals surface area (Å²) in [5, 5.41) is 2.89. The molecular formula is C12H11N3O2. The molecule has 5 heteroatoms. The van der Waals surface area contributed by atoms with Gasteiger partial charge in [-0.1, -0.05) is 12.1 Å². The van der Waals surface area contributed by atoms with Gasteiger partial charge in [-0.3, -0.25) is 0 Å². The first kappa shape index (κ1) is 10.2. The van der Waals surface area contributed by atoms with Gasteiger partial charge in [0.15, 0.2) is 0 Å². The molecule has 1 unspecified atom stereocenters. The minimum atomic E-state index is 0.127. The van der Waals surface area contributed by atoms with Gasteiger partial charge in [0, 0.05) is 0 Å². The maximum Gasteiger partial charge on any atom is 0.108 e. The van der Waals surface area contributed by atoms with E-state index in [0.29, 0.717) is 18.9 Å². The van der Waals surface area contributed by atoms with E-state index in [9.17, 15) is 4.91 Å². The van der Waals surface area contributed by atoms with Gasteiger partial charge in [-0.05, 0) is 22.9 Å². The fourth-order valence-electron chi connectivity index (χ4n) is 2.09. The van der Waals surface area contributed by atoms with Crippen LogP contribution in [0, 0.1) is 4.91 Å². The van der Waals surface area contributed by atoms with Crippen molar-refractivity contribution in [2.24, 2.45) is 5.18 Å². The number of nitrogens with zero attached hydrogens (tertiary/aromatic N) is 3. The zero-order valence-corrected chi connectivity index (χ0v) is 9.11. The highest BCUT2D eigenvalue weighted by molar-refractivity contribution is 5.39. The topological polar surface area (TPSA) is 56.5 Å². The zero-order chi connectivity index (χ0) is 11.7. The van der Waals surface area contributed by atoms with Crippen molar-refractivity contribution in [1.82, 2.24) is 9.55 Å². The van der Waals surface area contributed by atoms with Crippen molar-refractivity contribution in [2.75, 3.05) is 6.61 Å². The molecular weight excluding hydrogens is 218 g/mol. The second-order valence-electron chi connectivity index (χ2n) is 4.01. The van der Waals surface area contributed by atoms with Gasteiger partial charge in [-0.2, -0.15) is 0 Å². The standard InChI is InChI=1S/C12H11N3O2/c16-14-10-3-1-9(2-4-10)12-7-17-6-11-5-13-8-15(11)12/h1-5,8,12H,6-7H2. The lowest BCUT2D eigenvalue weighted by Gasteiger charge is -2.25. The van der Waals surface area contributed by atoms with Crippen LogP contribution >= 0.6 is 0 Å². The summed E-state index contributed by atoms with van der Waals surface area (Å²) in [6.45, 7) is 1.22. The van der Waals surface area contributed by atoms with Crippen molar-refractivity contribution in [2.45, 2.75) is 12.6 Å². The first-order chi connectivity index (χ1) is 8.38. The smallest absolute Gasteiger partial charge is 0.108 e. The van der Waals surface area contributed by atoms with Crippen LogP contribution in [0.5, 0.6) is 0 Å². The second kappa shape index (κ2) is 4.10. The van der Waals surface area contributed by atoms with Gasteiger partial charge in [-0.15, -0.1) is 4.91 Å². The van der Waals surface area contributed by atoms with Crippen molar-refractivity contribution >= 4 is 5.69 Å². The van der Waals surface area contributed by atoms with Crippen molar-refractivity contribution in [3.8, 4) is 0 Å². The monoisotopic (exact) mass is 229 g/mol. The average molecular weight is 229 g/mol. The minimum Gasteiger partial charge on any atom is -0.373 e. The lowest BCUT2D eigenvalue weighted by atomic mass is 10.1. The molecule has 0 bridgehead atoms. The SMILES string of the molecule is O=Nc1ccc(C2COCc3cncn32)cc1. The molecule has 0 radical (unpaired) electrons. The third kappa shape index (κ3) is 1.74. The van der Waals surface area contributed by atoms with Crippen LogP contribution in [0.4, 0.5) is 5.69 Å². The van der Waals surface area contributed by atoms with Gasteiger partial charge in [0.2, 0.25) is 0 Å². The molecule has 1 aromatic carbocycles. The third-order valence-electron chi connectivity index (χ3n) is 2.99. The number of aromatic nitrogens is 2. The number of hydrogen-bond acceptors (Lipinski definition) is 4. The molecule has 2 heterocycles. The van der Waals surface area contributed by atoms with Crippen LogP contribution in [-0.2, 0) is 11.3 Å². The molecule has 1 aliphatic rings. The normalized spacial score (nSPS) is 18.7. The number of nitroso groups, excluding NO2 is 1.